The van der Waals surface area contributed by atoms with E-state index < -0.39 is 0 Å². The zero-order chi connectivity index (χ0) is 35.3. The molecule has 0 spiro atoms. The Bertz CT molecular complexity index is 3000. The van der Waals surface area contributed by atoms with Crippen LogP contribution in [0, 0.1) is 0 Å². The highest BCUT2D eigenvalue weighted by molar-refractivity contribution is 6.25. The zero-order valence-corrected chi connectivity index (χ0v) is 29.7. The monoisotopic (exact) mass is 676 g/mol. The quantitative estimate of drug-likeness (QED) is 0.168. The predicted octanol–water partition coefficient (Wildman–Crippen LogP) is 14.0. The molecule has 0 N–H and O–H groups in total. The standard InChI is InChI=1S/C51H36N2/c1-51(2)45-23-14-26-49(53-47-24-12-10-21-41(47)42-22-11-13-25-48(42)53)50(45)43-30-28-35(32-46(43)51)52(33-15-4-3-5-16-33)34-27-29-40-38-19-7-6-17-36(38)37-18-8-9-20-39(37)44(40)31-34/h3-32H,1-2H3. The Balaban J connectivity index is 1.13. The Morgan fingerprint density at radius 2 is 0.887 bits per heavy atom. The van der Waals surface area contributed by atoms with Crippen LogP contribution in [0.25, 0.3) is 70.9 Å². The van der Waals surface area contributed by atoms with Crippen molar-refractivity contribution in [3.8, 4) is 16.8 Å². The van der Waals surface area contributed by atoms with Gasteiger partial charge in [-0.15, -0.1) is 0 Å². The van der Waals surface area contributed by atoms with Crippen LogP contribution in [0.3, 0.4) is 0 Å². The van der Waals surface area contributed by atoms with Crippen molar-refractivity contribution in [3.05, 3.63) is 193 Å². The molecule has 0 radical (unpaired) electrons. The molecule has 0 saturated carbocycles. The molecular formula is C51H36N2. The first-order valence-electron chi connectivity index (χ1n) is 18.5. The number of rotatable bonds is 4. The first kappa shape index (κ1) is 30.0. The number of benzene rings is 9. The summed E-state index contributed by atoms with van der Waals surface area (Å²) in [5, 5.41) is 10.3. The van der Waals surface area contributed by atoms with Gasteiger partial charge >= 0.3 is 0 Å². The summed E-state index contributed by atoms with van der Waals surface area (Å²) < 4.78 is 2.47. The van der Waals surface area contributed by atoms with Crippen molar-refractivity contribution in [1.29, 1.82) is 0 Å². The molecule has 2 heteroatoms. The Hall–Kier alpha value is -6.64. The number of hydrogen-bond acceptors (Lipinski definition) is 1. The maximum absolute atomic E-state index is 2.47. The van der Waals surface area contributed by atoms with Crippen molar-refractivity contribution in [2.24, 2.45) is 0 Å². The van der Waals surface area contributed by atoms with Gasteiger partial charge in [0.25, 0.3) is 0 Å². The van der Waals surface area contributed by atoms with Gasteiger partial charge < -0.3 is 9.47 Å². The van der Waals surface area contributed by atoms with Gasteiger partial charge in [-0.1, -0.05) is 141 Å². The van der Waals surface area contributed by atoms with E-state index >= 15 is 0 Å². The topological polar surface area (TPSA) is 8.17 Å². The highest BCUT2D eigenvalue weighted by atomic mass is 15.1. The molecule has 1 aliphatic rings. The van der Waals surface area contributed by atoms with E-state index in [-0.39, 0.29) is 5.41 Å². The zero-order valence-electron chi connectivity index (χ0n) is 29.7. The molecular weight excluding hydrogens is 641 g/mol. The molecule has 1 aliphatic carbocycles. The third kappa shape index (κ3) is 4.27. The Morgan fingerprint density at radius 3 is 1.53 bits per heavy atom. The lowest BCUT2D eigenvalue weighted by Crippen LogP contribution is -2.16. The van der Waals surface area contributed by atoms with Crippen molar-refractivity contribution in [2.45, 2.75) is 19.3 Å². The molecule has 1 heterocycles. The molecule has 0 aliphatic heterocycles. The van der Waals surface area contributed by atoms with Gasteiger partial charge in [0.05, 0.1) is 16.7 Å². The number of nitrogens with zero attached hydrogens (tertiary/aromatic N) is 2. The van der Waals surface area contributed by atoms with Gasteiger partial charge in [-0.2, -0.15) is 0 Å². The fourth-order valence-electron chi connectivity index (χ4n) is 9.32. The summed E-state index contributed by atoms with van der Waals surface area (Å²) >= 11 is 0. The SMILES string of the molecule is CC1(C)c2cc(N(c3ccccc3)c3ccc4c5ccccc5c5ccccc5c4c3)ccc2-c2c(-n3c4ccccc4c4ccccc43)cccc21. The van der Waals surface area contributed by atoms with Gasteiger partial charge in [0.1, 0.15) is 0 Å². The normalized spacial score (nSPS) is 13.2. The maximum Gasteiger partial charge on any atom is 0.0543 e. The second-order valence-corrected chi connectivity index (χ2v) is 14.9. The summed E-state index contributed by atoms with van der Waals surface area (Å²) in [5.74, 6) is 0. The van der Waals surface area contributed by atoms with Crippen LogP contribution in [0.5, 0.6) is 0 Å². The van der Waals surface area contributed by atoms with Gasteiger partial charge in [0.2, 0.25) is 0 Å². The van der Waals surface area contributed by atoms with Crippen LogP contribution in [0.2, 0.25) is 0 Å². The number of para-hydroxylation sites is 3. The van der Waals surface area contributed by atoms with E-state index in [4.69, 9.17) is 0 Å². The van der Waals surface area contributed by atoms with E-state index in [0.29, 0.717) is 0 Å². The van der Waals surface area contributed by atoms with Gasteiger partial charge in [0.15, 0.2) is 0 Å². The lowest BCUT2D eigenvalue weighted by molar-refractivity contribution is 0.660. The smallest absolute Gasteiger partial charge is 0.0543 e. The van der Waals surface area contributed by atoms with E-state index in [1.165, 1.54) is 82.1 Å². The number of fused-ring (bicyclic) bond motifs is 12. The third-order valence-corrected chi connectivity index (χ3v) is 11.7. The second kappa shape index (κ2) is 11.2. The van der Waals surface area contributed by atoms with Crippen molar-refractivity contribution in [2.75, 3.05) is 4.90 Å². The minimum absolute atomic E-state index is 0.198. The molecule has 9 aromatic carbocycles. The second-order valence-electron chi connectivity index (χ2n) is 14.9. The van der Waals surface area contributed by atoms with Gasteiger partial charge in [-0.3, -0.25) is 0 Å². The third-order valence-electron chi connectivity index (χ3n) is 11.7. The number of anilines is 3. The van der Waals surface area contributed by atoms with Crippen LogP contribution < -0.4 is 4.90 Å². The highest BCUT2D eigenvalue weighted by Gasteiger charge is 2.38. The molecule has 53 heavy (non-hydrogen) atoms. The molecule has 11 rings (SSSR count). The van der Waals surface area contributed by atoms with Crippen LogP contribution >= 0.6 is 0 Å². The van der Waals surface area contributed by atoms with Gasteiger partial charge in [-0.25, -0.2) is 0 Å². The Kier molecular flexibility index (Phi) is 6.33. The molecule has 0 atom stereocenters. The van der Waals surface area contributed by atoms with E-state index in [2.05, 4.69) is 205 Å². The summed E-state index contributed by atoms with van der Waals surface area (Å²) in [6.45, 7) is 4.77. The van der Waals surface area contributed by atoms with Crippen LogP contribution in [-0.2, 0) is 5.41 Å². The van der Waals surface area contributed by atoms with Crippen molar-refractivity contribution in [1.82, 2.24) is 4.57 Å². The minimum atomic E-state index is -0.198. The first-order chi connectivity index (χ1) is 26.1. The summed E-state index contributed by atoms with van der Waals surface area (Å²) in [7, 11) is 0. The Labute approximate surface area is 308 Å². The first-order valence-corrected chi connectivity index (χ1v) is 18.5. The largest absolute Gasteiger partial charge is 0.310 e. The van der Waals surface area contributed by atoms with E-state index in [1.54, 1.807) is 0 Å². The average molecular weight is 677 g/mol. The molecule has 0 fully saturated rings. The molecule has 1 aromatic heterocycles. The van der Waals surface area contributed by atoms with Crippen LogP contribution in [0.1, 0.15) is 25.0 Å². The molecule has 0 unspecified atom stereocenters. The van der Waals surface area contributed by atoms with Gasteiger partial charge in [-0.05, 0) is 104 Å². The molecule has 0 amide bonds. The molecule has 0 bridgehead atoms. The van der Waals surface area contributed by atoms with Crippen LogP contribution in [-0.4, -0.2) is 4.57 Å². The van der Waals surface area contributed by atoms with Crippen LogP contribution in [0.4, 0.5) is 17.1 Å². The molecule has 0 saturated heterocycles. The highest BCUT2D eigenvalue weighted by Crippen LogP contribution is 2.53. The minimum Gasteiger partial charge on any atom is -0.310 e. The number of aromatic nitrogens is 1. The van der Waals surface area contributed by atoms with E-state index in [9.17, 15) is 0 Å². The fourth-order valence-corrected chi connectivity index (χ4v) is 9.32. The summed E-state index contributed by atoms with van der Waals surface area (Å²) in [5.41, 5.74) is 12.3. The molecule has 2 nitrogen and oxygen atoms in total. The molecule has 10 aromatic rings. The molecule has 250 valence electrons. The fraction of sp³-hybridized carbons (Fsp3) is 0.0588. The Morgan fingerprint density at radius 1 is 0.377 bits per heavy atom. The lowest BCUT2D eigenvalue weighted by atomic mass is 9.82. The predicted molar refractivity (Wildman–Crippen MR) is 226 cm³/mol. The summed E-state index contributed by atoms with van der Waals surface area (Å²) in [4.78, 5) is 2.43. The van der Waals surface area contributed by atoms with E-state index in [1.807, 2.05) is 0 Å². The van der Waals surface area contributed by atoms with Crippen molar-refractivity contribution in [3.63, 3.8) is 0 Å². The average Bonchev–Trinajstić information content (AvgIpc) is 3.67. The van der Waals surface area contributed by atoms with Gasteiger partial charge in [0, 0.05) is 38.8 Å². The van der Waals surface area contributed by atoms with E-state index in [0.717, 1.165) is 17.1 Å². The van der Waals surface area contributed by atoms with Crippen molar-refractivity contribution >= 4 is 71.2 Å². The lowest BCUT2D eigenvalue weighted by Gasteiger charge is -2.28. The number of hydrogen-bond donors (Lipinski definition) is 0. The summed E-state index contributed by atoms with van der Waals surface area (Å²) in [6.07, 6.45) is 0. The van der Waals surface area contributed by atoms with Crippen LogP contribution in [0.15, 0.2) is 182 Å². The maximum atomic E-state index is 2.47. The summed E-state index contributed by atoms with van der Waals surface area (Å²) in [6, 6.07) is 67.1. The van der Waals surface area contributed by atoms with Crippen molar-refractivity contribution < 1.29 is 0 Å².